The van der Waals surface area contributed by atoms with Crippen molar-refractivity contribution in [3.8, 4) is 0 Å². The molecule has 0 aliphatic heterocycles. The molecular weight excluding hydrogens is 388 g/mol. The number of nitrogens with one attached hydrogen (secondary N) is 2. The summed E-state index contributed by atoms with van der Waals surface area (Å²) >= 11 is 0. The molecule has 3 aromatic rings. The minimum Gasteiger partial charge on any atom is -0.326 e. The number of carbonyl (C=O) groups excluding carboxylic acids is 1. The van der Waals surface area contributed by atoms with Crippen molar-refractivity contribution in [3.63, 3.8) is 0 Å². The molecule has 0 aliphatic rings. The van der Waals surface area contributed by atoms with Gasteiger partial charge in [-0.05, 0) is 56.2 Å². The fourth-order valence-corrected chi connectivity index (χ4v) is 4.24. The van der Waals surface area contributed by atoms with Gasteiger partial charge in [0.15, 0.2) is 0 Å². The van der Waals surface area contributed by atoms with Gasteiger partial charge < -0.3 is 5.32 Å². The Balaban J connectivity index is 1.85. The highest BCUT2D eigenvalue weighted by molar-refractivity contribution is 7.92. The highest BCUT2D eigenvalue weighted by Gasteiger charge is 2.20. The van der Waals surface area contributed by atoms with Gasteiger partial charge in [0.25, 0.3) is 10.0 Å². The Hall–Kier alpha value is -3.13. The van der Waals surface area contributed by atoms with E-state index in [1.54, 1.807) is 23.7 Å². The largest absolute Gasteiger partial charge is 0.326 e. The maximum absolute atomic E-state index is 12.8. The molecule has 0 saturated heterocycles. The van der Waals surface area contributed by atoms with Gasteiger partial charge in [0.2, 0.25) is 5.91 Å². The standard InChI is InChI=1S/C21H24N4O3S/c1-14-7-5-6-8-18(14)13-25-16(3)21(15(2)23-25)24-29(27,28)20-11-9-19(10-12-20)22-17(4)26/h5-12,24H,13H2,1-4H3,(H,22,26). The molecule has 7 nitrogen and oxygen atoms in total. The van der Waals surface area contributed by atoms with Crippen molar-refractivity contribution >= 4 is 27.3 Å². The van der Waals surface area contributed by atoms with E-state index in [-0.39, 0.29) is 10.8 Å². The molecule has 152 valence electrons. The van der Waals surface area contributed by atoms with Crippen molar-refractivity contribution in [3.05, 3.63) is 71.0 Å². The molecule has 0 atom stereocenters. The highest BCUT2D eigenvalue weighted by atomic mass is 32.2. The van der Waals surface area contributed by atoms with Crippen LogP contribution in [0.2, 0.25) is 0 Å². The smallest absolute Gasteiger partial charge is 0.262 e. The Labute approximate surface area is 170 Å². The van der Waals surface area contributed by atoms with Crippen LogP contribution >= 0.6 is 0 Å². The van der Waals surface area contributed by atoms with Crippen molar-refractivity contribution in [1.82, 2.24) is 9.78 Å². The number of hydrogen-bond donors (Lipinski definition) is 2. The Kier molecular flexibility index (Phi) is 5.74. The van der Waals surface area contributed by atoms with Crippen molar-refractivity contribution in [1.29, 1.82) is 0 Å². The third kappa shape index (κ3) is 4.65. The lowest BCUT2D eigenvalue weighted by molar-refractivity contribution is -0.114. The molecule has 2 N–H and O–H groups in total. The third-order valence-electron chi connectivity index (χ3n) is 4.68. The zero-order chi connectivity index (χ0) is 21.2. The van der Waals surface area contributed by atoms with Crippen LogP contribution < -0.4 is 10.0 Å². The maximum Gasteiger partial charge on any atom is 0.262 e. The molecule has 1 aromatic heterocycles. The normalized spacial score (nSPS) is 11.3. The number of rotatable bonds is 6. The van der Waals surface area contributed by atoms with Crippen LogP contribution in [-0.4, -0.2) is 24.1 Å². The summed E-state index contributed by atoms with van der Waals surface area (Å²) in [5, 5.41) is 7.13. The molecular formula is C21H24N4O3S. The number of nitrogens with zero attached hydrogens (tertiary/aromatic N) is 2. The lowest BCUT2D eigenvalue weighted by Crippen LogP contribution is -2.14. The zero-order valence-corrected chi connectivity index (χ0v) is 17.7. The monoisotopic (exact) mass is 412 g/mol. The molecule has 0 aliphatic carbocycles. The van der Waals surface area contributed by atoms with E-state index in [0.29, 0.717) is 23.6 Å². The van der Waals surface area contributed by atoms with E-state index in [2.05, 4.69) is 15.1 Å². The SMILES string of the molecule is CC(=O)Nc1ccc(S(=O)(=O)Nc2c(C)nn(Cc3ccccc3C)c2C)cc1. The first-order valence-electron chi connectivity index (χ1n) is 9.16. The number of anilines is 2. The van der Waals surface area contributed by atoms with Gasteiger partial charge in [0, 0.05) is 12.6 Å². The molecule has 0 bridgehead atoms. The zero-order valence-electron chi connectivity index (χ0n) is 16.9. The van der Waals surface area contributed by atoms with Crippen LogP contribution in [0.5, 0.6) is 0 Å². The van der Waals surface area contributed by atoms with E-state index in [1.807, 2.05) is 38.1 Å². The van der Waals surface area contributed by atoms with Gasteiger partial charge in [-0.25, -0.2) is 8.42 Å². The average molecular weight is 413 g/mol. The second-order valence-corrected chi connectivity index (χ2v) is 8.62. The number of sulfonamides is 1. The summed E-state index contributed by atoms with van der Waals surface area (Å²) in [5.74, 6) is -0.217. The van der Waals surface area contributed by atoms with Crippen LogP contribution in [-0.2, 0) is 21.4 Å². The third-order valence-corrected chi connectivity index (χ3v) is 6.05. The summed E-state index contributed by atoms with van der Waals surface area (Å²) < 4.78 is 30.1. The number of hydrogen-bond acceptors (Lipinski definition) is 4. The van der Waals surface area contributed by atoms with Crippen LogP contribution in [0.1, 0.15) is 29.4 Å². The number of aryl methyl sites for hydroxylation is 2. The quantitative estimate of drug-likeness (QED) is 0.647. The molecule has 29 heavy (non-hydrogen) atoms. The van der Waals surface area contributed by atoms with Gasteiger partial charge in [-0.1, -0.05) is 24.3 Å². The first-order valence-corrected chi connectivity index (χ1v) is 10.6. The van der Waals surface area contributed by atoms with E-state index in [4.69, 9.17) is 0 Å². The van der Waals surface area contributed by atoms with Crippen LogP contribution in [0.3, 0.4) is 0 Å². The van der Waals surface area contributed by atoms with Crippen molar-refractivity contribution in [2.75, 3.05) is 10.0 Å². The topological polar surface area (TPSA) is 93.1 Å². The fourth-order valence-electron chi connectivity index (χ4n) is 3.06. The van der Waals surface area contributed by atoms with Gasteiger partial charge in [-0.3, -0.25) is 14.2 Å². The Bertz CT molecular complexity index is 1150. The van der Waals surface area contributed by atoms with Crippen LogP contribution in [0, 0.1) is 20.8 Å². The van der Waals surface area contributed by atoms with E-state index in [0.717, 1.165) is 16.8 Å². The van der Waals surface area contributed by atoms with Crippen molar-refractivity contribution in [2.45, 2.75) is 39.1 Å². The highest BCUT2D eigenvalue weighted by Crippen LogP contribution is 2.25. The molecule has 3 rings (SSSR count). The van der Waals surface area contributed by atoms with Crippen LogP contribution in [0.4, 0.5) is 11.4 Å². The number of carbonyl (C=O) groups is 1. The van der Waals surface area contributed by atoms with Gasteiger partial charge in [-0.15, -0.1) is 0 Å². The summed E-state index contributed by atoms with van der Waals surface area (Å²) in [6.45, 7) is 7.61. The lowest BCUT2D eigenvalue weighted by Gasteiger charge is -2.11. The lowest BCUT2D eigenvalue weighted by atomic mass is 10.1. The van der Waals surface area contributed by atoms with E-state index in [9.17, 15) is 13.2 Å². The Morgan fingerprint density at radius 3 is 2.31 bits per heavy atom. The molecule has 0 radical (unpaired) electrons. The van der Waals surface area contributed by atoms with Gasteiger partial charge >= 0.3 is 0 Å². The first kappa shape index (κ1) is 20.6. The minimum absolute atomic E-state index is 0.108. The molecule has 0 fully saturated rings. The Morgan fingerprint density at radius 2 is 1.69 bits per heavy atom. The summed E-state index contributed by atoms with van der Waals surface area (Å²) in [5.41, 5.74) is 4.64. The molecule has 1 heterocycles. The van der Waals surface area contributed by atoms with Crippen LogP contribution in [0.25, 0.3) is 0 Å². The van der Waals surface area contributed by atoms with Crippen molar-refractivity contribution in [2.24, 2.45) is 0 Å². The summed E-state index contributed by atoms with van der Waals surface area (Å²) in [6.07, 6.45) is 0. The summed E-state index contributed by atoms with van der Waals surface area (Å²) in [4.78, 5) is 11.2. The Morgan fingerprint density at radius 1 is 1.03 bits per heavy atom. The van der Waals surface area contributed by atoms with Crippen molar-refractivity contribution < 1.29 is 13.2 Å². The predicted octanol–water partition coefficient (Wildman–Crippen LogP) is 3.62. The minimum atomic E-state index is -3.79. The average Bonchev–Trinajstić information content (AvgIpc) is 2.91. The van der Waals surface area contributed by atoms with Gasteiger partial charge in [0.1, 0.15) is 0 Å². The molecule has 2 aromatic carbocycles. The predicted molar refractivity (Wildman–Crippen MR) is 114 cm³/mol. The maximum atomic E-state index is 12.8. The molecule has 0 saturated carbocycles. The molecule has 8 heteroatoms. The molecule has 0 unspecified atom stereocenters. The van der Waals surface area contributed by atoms with E-state index >= 15 is 0 Å². The summed E-state index contributed by atoms with van der Waals surface area (Å²) in [6, 6.07) is 14.0. The van der Waals surface area contributed by atoms with Gasteiger partial charge in [-0.2, -0.15) is 5.10 Å². The fraction of sp³-hybridized carbons (Fsp3) is 0.238. The molecule has 0 spiro atoms. The molecule has 1 amide bonds. The van der Waals surface area contributed by atoms with Crippen LogP contribution in [0.15, 0.2) is 53.4 Å². The van der Waals surface area contributed by atoms with Gasteiger partial charge in [0.05, 0.1) is 28.5 Å². The number of amides is 1. The second-order valence-electron chi connectivity index (χ2n) is 6.94. The second kappa shape index (κ2) is 8.08. The summed E-state index contributed by atoms with van der Waals surface area (Å²) in [7, 11) is -3.79. The number of benzene rings is 2. The van der Waals surface area contributed by atoms with E-state index in [1.165, 1.54) is 19.1 Å². The van der Waals surface area contributed by atoms with E-state index < -0.39 is 10.0 Å². The number of aromatic nitrogens is 2. The first-order chi connectivity index (χ1) is 13.7.